The van der Waals surface area contributed by atoms with Gasteiger partial charge in [-0.3, -0.25) is 4.79 Å². The van der Waals surface area contributed by atoms with Crippen molar-refractivity contribution in [2.75, 3.05) is 19.7 Å². The van der Waals surface area contributed by atoms with E-state index in [0.717, 1.165) is 0 Å². The Hall–Kier alpha value is -0.690. The Morgan fingerprint density at radius 1 is 1.18 bits per heavy atom. The van der Waals surface area contributed by atoms with Crippen molar-refractivity contribution in [2.24, 2.45) is 0 Å². The Kier molecular flexibility index (Phi) is 5.32. The van der Waals surface area contributed by atoms with Gasteiger partial charge in [0.25, 0.3) is 0 Å². The van der Waals surface area contributed by atoms with Crippen LogP contribution in [0.2, 0.25) is 0 Å². The minimum absolute atomic E-state index is 0.0242. The van der Waals surface area contributed by atoms with Crippen LogP contribution in [0.15, 0.2) is 0 Å². The minimum Gasteiger partial charge on any atom is -0.394 e. The number of amides is 1. The Balaban J connectivity index is 2.55. The summed E-state index contributed by atoms with van der Waals surface area (Å²) in [4.78, 5) is 13.4. The standard InChI is InChI=1S/C11H21NO5/c1-3-12(4-2)9(14)5-7-10(15)11(16)8(6-13)17-7/h7-8,10-11,13,15-16H,3-6H2,1-2H3/t7-,8+,10+,11+/m0/s1. The predicted molar refractivity (Wildman–Crippen MR) is 60.3 cm³/mol. The van der Waals surface area contributed by atoms with Gasteiger partial charge in [-0.1, -0.05) is 0 Å². The van der Waals surface area contributed by atoms with E-state index in [9.17, 15) is 15.0 Å². The molecule has 1 aliphatic heterocycles. The molecule has 3 N–H and O–H groups in total. The first-order valence-electron chi connectivity index (χ1n) is 5.95. The van der Waals surface area contributed by atoms with Gasteiger partial charge >= 0.3 is 0 Å². The molecular weight excluding hydrogens is 226 g/mol. The van der Waals surface area contributed by atoms with Crippen molar-refractivity contribution in [3.05, 3.63) is 0 Å². The van der Waals surface area contributed by atoms with Crippen LogP contribution in [0.3, 0.4) is 0 Å². The lowest BCUT2D eigenvalue weighted by Crippen LogP contribution is -2.38. The fraction of sp³-hybridized carbons (Fsp3) is 0.909. The zero-order valence-electron chi connectivity index (χ0n) is 10.2. The highest BCUT2D eigenvalue weighted by Gasteiger charge is 2.43. The second-order valence-corrected chi connectivity index (χ2v) is 4.15. The number of hydrogen-bond acceptors (Lipinski definition) is 5. The molecule has 0 radical (unpaired) electrons. The number of ether oxygens (including phenoxy) is 1. The molecule has 0 aliphatic carbocycles. The van der Waals surface area contributed by atoms with Crippen molar-refractivity contribution in [3.63, 3.8) is 0 Å². The fourth-order valence-corrected chi connectivity index (χ4v) is 2.02. The smallest absolute Gasteiger partial charge is 0.225 e. The van der Waals surface area contributed by atoms with Crippen LogP contribution >= 0.6 is 0 Å². The molecule has 6 heteroatoms. The first-order chi connectivity index (χ1) is 8.04. The third kappa shape index (κ3) is 3.16. The zero-order chi connectivity index (χ0) is 13.0. The Morgan fingerprint density at radius 3 is 2.12 bits per heavy atom. The van der Waals surface area contributed by atoms with E-state index in [2.05, 4.69) is 0 Å². The van der Waals surface area contributed by atoms with Crippen molar-refractivity contribution < 1.29 is 24.9 Å². The van der Waals surface area contributed by atoms with E-state index in [4.69, 9.17) is 9.84 Å². The molecule has 17 heavy (non-hydrogen) atoms. The number of aliphatic hydroxyl groups is 3. The lowest BCUT2D eigenvalue weighted by atomic mass is 10.1. The van der Waals surface area contributed by atoms with Gasteiger partial charge in [0.15, 0.2) is 0 Å². The van der Waals surface area contributed by atoms with Crippen LogP contribution in [0.25, 0.3) is 0 Å². The van der Waals surface area contributed by atoms with Crippen LogP contribution in [0.5, 0.6) is 0 Å². The van der Waals surface area contributed by atoms with Gasteiger partial charge in [0.1, 0.15) is 18.3 Å². The first-order valence-corrected chi connectivity index (χ1v) is 5.95. The lowest BCUT2D eigenvalue weighted by molar-refractivity contribution is -0.135. The molecule has 0 aromatic carbocycles. The van der Waals surface area contributed by atoms with Gasteiger partial charge in [0, 0.05) is 13.1 Å². The zero-order valence-corrected chi connectivity index (χ0v) is 10.2. The summed E-state index contributed by atoms with van der Waals surface area (Å²) in [5.74, 6) is -0.121. The molecule has 0 unspecified atom stereocenters. The summed E-state index contributed by atoms with van der Waals surface area (Å²) in [5.41, 5.74) is 0. The molecule has 1 fully saturated rings. The highest BCUT2D eigenvalue weighted by atomic mass is 16.6. The van der Waals surface area contributed by atoms with Crippen molar-refractivity contribution in [1.82, 2.24) is 4.90 Å². The summed E-state index contributed by atoms with van der Waals surface area (Å²) >= 11 is 0. The van der Waals surface area contributed by atoms with E-state index in [1.54, 1.807) is 4.90 Å². The molecule has 100 valence electrons. The number of rotatable bonds is 5. The van der Waals surface area contributed by atoms with Crippen LogP contribution in [0, 0.1) is 0 Å². The second-order valence-electron chi connectivity index (χ2n) is 4.15. The second kappa shape index (κ2) is 6.30. The molecule has 1 aliphatic rings. The Morgan fingerprint density at radius 2 is 1.71 bits per heavy atom. The highest BCUT2D eigenvalue weighted by molar-refractivity contribution is 5.76. The topological polar surface area (TPSA) is 90.2 Å². The third-order valence-corrected chi connectivity index (χ3v) is 3.13. The van der Waals surface area contributed by atoms with Gasteiger partial charge < -0.3 is 25.0 Å². The van der Waals surface area contributed by atoms with Crippen LogP contribution in [-0.2, 0) is 9.53 Å². The number of aliphatic hydroxyl groups excluding tert-OH is 3. The summed E-state index contributed by atoms with van der Waals surface area (Å²) in [5, 5.41) is 28.1. The molecule has 0 spiro atoms. The van der Waals surface area contributed by atoms with E-state index in [1.165, 1.54) is 0 Å². The van der Waals surface area contributed by atoms with Crippen molar-refractivity contribution in [2.45, 2.75) is 44.7 Å². The Bertz CT molecular complexity index is 256. The average Bonchev–Trinajstić information content (AvgIpc) is 2.58. The van der Waals surface area contributed by atoms with E-state index in [1.807, 2.05) is 13.8 Å². The summed E-state index contributed by atoms with van der Waals surface area (Å²) in [6.07, 6.45) is -3.77. The van der Waals surface area contributed by atoms with Gasteiger partial charge in [-0.2, -0.15) is 0 Å². The van der Waals surface area contributed by atoms with Gasteiger partial charge in [-0.25, -0.2) is 0 Å². The van der Waals surface area contributed by atoms with Crippen LogP contribution in [0.4, 0.5) is 0 Å². The largest absolute Gasteiger partial charge is 0.394 e. The van der Waals surface area contributed by atoms with Gasteiger partial charge in [-0.05, 0) is 13.8 Å². The lowest BCUT2D eigenvalue weighted by Gasteiger charge is -2.21. The van der Waals surface area contributed by atoms with Crippen LogP contribution in [-0.4, -0.2) is 70.2 Å². The molecule has 1 heterocycles. The number of carbonyl (C=O) groups excluding carboxylic acids is 1. The number of nitrogens with zero attached hydrogens (tertiary/aromatic N) is 1. The van der Waals surface area contributed by atoms with E-state index < -0.39 is 24.4 Å². The van der Waals surface area contributed by atoms with Crippen molar-refractivity contribution in [1.29, 1.82) is 0 Å². The maximum atomic E-state index is 11.8. The summed E-state index contributed by atoms with van der Waals surface area (Å²) in [7, 11) is 0. The average molecular weight is 247 g/mol. The first kappa shape index (κ1) is 14.4. The van der Waals surface area contributed by atoms with Gasteiger partial charge in [0.05, 0.1) is 19.1 Å². The van der Waals surface area contributed by atoms with Crippen molar-refractivity contribution >= 4 is 5.91 Å². The minimum atomic E-state index is -1.13. The van der Waals surface area contributed by atoms with E-state index >= 15 is 0 Å². The molecule has 6 nitrogen and oxygen atoms in total. The molecule has 0 saturated carbocycles. The Labute approximate surface area is 101 Å². The van der Waals surface area contributed by atoms with Crippen LogP contribution < -0.4 is 0 Å². The van der Waals surface area contributed by atoms with Gasteiger partial charge in [-0.15, -0.1) is 0 Å². The number of carbonyl (C=O) groups is 1. The third-order valence-electron chi connectivity index (χ3n) is 3.13. The molecule has 1 rings (SSSR count). The molecule has 0 bridgehead atoms. The maximum Gasteiger partial charge on any atom is 0.225 e. The van der Waals surface area contributed by atoms with E-state index in [-0.39, 0.29) is 18.9 Å². The molecule has 1 saturated heterocycles. The fourth-order valence-electron chi connectivity index (χ4n) is 2.02. The van der Waals surface area contributed by atoms with Gasteiger partial charge in [0.2, 0.25) is 5.91 Å². The normalized spacial score (nSPS) is 32.8. The quantitative estimate of drug-likeness (QED) is 0.563. The molecular formula is C11H21NO5. The summed E-state index contributed by atoms with van der Waals surface area (Å²) in [6.45, 7) is 4.58. The predicted octanol–water partition coefficient (Wildman–Crippen LogP) is -1.27. The number of hydrogen-bond donors (Lipinski definition) is 3. The van der Waals surface area contributed by atoms with Crippen molar-refractivity contribution in [3.8, 4) is 0 Å². The monoisotopic (exact) mass is 247 g/mol. The molecule has 4 atom stereocenters. The van der Waals surface area contributed by atoms with Crippen LogP contribution in [0.1, 0.15) is 20.3 Å². The SMILES string of the molecule is CCN(CC)C(=O)C[C@@H]1O[C@H](CO)[C@@H](O)[C@@H]1O. The summed E-state index contributed by atoms with van der Waals surface area (Å²) in [6, 6.07) is 0. The summed E-state index contributed by atoms with van der Waals surface area (Å²) < 4.78 is 5.25. The molecule has 1 amide bonds. The maximum absolute atomic E-state index is 11.8. The molecule has 0 aromatic heterocycles. The van der Waals surface area contributed by atoms with E-state index in [0.29, 0.717) is 13.1 Å². The highest BCUT2D eigenvalue weighted by Crippen LogP contribution is 2.23. The molecule has 0 aromatic rings.